The zero-order valence-corrected chi connectivity index (χ0v) is 27.7. The Morgan fingerprint density at radius 1 is 0.940 bits per heavy atom. The van der Waals surface area contributed by atoms with Gasteiger partial charge in [-0.2, -0.15) is 27.3 Å². The van der Waals surface area contributed by atoms with Crippen LogP contribution in [0, 0.1) is 0 Å². The molecule has 6 aromatic heterocycles. The highest BCUT2D eigenvalue weighted by molar-refractivity contribution is 6.17. The standard InChI is InChI=1S/C39H31F3N8/c1-4-10-21-13-14-22-23-18-24-30(25-20-47(32(23)25)28(22)17-21)29-19-44-26-11-9-15-43-34(26)49(29)33-31(24)37(5-2)38(33,6-3)48-16-8-7-12-27(48)35-45-36(39(40,41)42)46-50(35)37/h7-9,11-19H,4-6,10,20H2,1-3H3/q+2. The molecular weight excluding hydrogens is 637 g/mol. The minimum Gasteiger partial charge on any atom is -0.288 e. The van der Waals surface area contributed by atoms with Crippen molar-refractivity contribution in [1.29, 1.82) is 0 Å². The van der Waals surface area contributed by atoms with Crippen LogP contribution in [0.1, 0.15) is 68.2 Å². The van der Waals surface area contributed by atoms with Gasteiger partial charge in [0, 0.05) is 41.8 Å². The van der Waals surface area contributed by atoms with Crippen molar-refractivity contribution in [1.82, 2.24) is 29.1 Å². The van der Waals surface area contributed by atoms with E-state index < -0.39 is 23.1 Å². The predicted molar refractivity (Wildman–Crippen MR) is 182 cm³/mol. The number of fused-ring (bicyclic) bond motifs is 20. The van der Waals surface area contributed by atoms with Crippen molar-refractivity contribution in [3.8, 4) is 11.5 Å². The summed E-state index contributed by atoms with van der Waals surface area (Å²) < 4.78 is 51.9. The van der Waals surface area contributed by atoms with Crippen molar-refractivity contribution in [2.45, 2.75) is 70.3 Å². The van der Waals surface area contributed by atoms with Crippen molar-refractivity contribution < 1.29 is 22.3 Å². The monoisotopic (exact) mass is 668 g/mol. The Kier molecular flexibility index (Phi) is 5.12. The average Bonchev–Trinajstić information content (AvgIpc) is 3.67. The van der Waals surface area contributed by atoms with Crippen molar-refractivity contribution in [2.75, 3.05) is 0 Å². The maximum Gasteiger partial charge on any atom is 0.453 e. The number of hydrogen-bond acceptors (Lipinski definition) is 4. The summed E-state index contributed by atoms with van der Waals surface area (Å²) in [6, 6.07) is 18.6. The molecule has 0 saturated carbocycles. The third-order valence-electron chi connectivity index (χ3n) is 11.9. The molecule has 8 heterocycles. The van der Waals surface area contributed by atoms with Gasteiger partial charge in [-0.3, -0.25) is 9.38 Å². The minimum atomic E-state index is -4.70. The normalized spacial score (nSPS) is 20.2. The first kappa shape index (κ1) is 28.4. The van der Waals surface area contributed by atoms with Crippen molar-refractivity contribution >= 4 is 49.3 Å². The van der Waals surface area contributed by atoms with Crippen LogP contribution < -0.4 is 9.13 Å². The quantitative estimate of drug-likeness (QED) is 0.148. The first-order valence-corrected chi connectivity index (χ1v) is 17.4. The van der Waals surface area contributed by atoms with Gasteiger partial charge in [0.15, 0.2) is 23.9 Å². The van der Waals surface area contributed by atoms with E-state index in [1.165, 1.54) is 27.5 Å². The number of aryl methyl sites for hydroxylation is 1. The van der Waals surface area contributed by atoms with E-state index >= 15 is 0 Å². The second kappa shape index (κ2) is 9.01. The van der Waals surface area contributed by atoms with Crippen molar-refractivity contribution in [2.24, 2.45) is 0 Å². The van der Waals surface area contributed by atoms with Gasteiger partial charge in [0.05, 0.1) is 28.0 Å². The molecule has 2 atom stereocenters. The number of aromatic nitrogens is 8. The fourth-order valence-electron chi connectivity index (χ4n) is 10.1. The van der Waals surface area contributed by atoms with Gasteiger partial charge in [-0.15, -0.1) is 5.10 Å². The number of alkyl halides is 3. The summed E-state index contributed by atoms with van der Waals surface area (Å²) >= 11 is 0. The number of halogens is 3. The van der Waals surface area contributed by atoms with E-state index in [2.05, 4.69) is 68.7 Å². The molecule has 8 aromatic rings. The molecule has 50 heavy (non-hydrogen) atoms. The molecule has 11 rings (SSSR count). The lowest BCUT2D eigenvalue weighted by molar-refractivity contribution is -0.768. The summed E-state index contributed by atoms with van der Waals surface area (Å²) in [6.07, 6.45) is 4.21. The van der Waals surface area contributed by atoms with Gasteiger partial charge in [0.25, 0.3) is 11.5 Å². The molecule has 2 unspecified atom stereocenters. The van der Waals surface area contributed by atoms with Gasteiger partial charge in [-0.05, 0) is 54.1 Å². The number of benzene rings is 2. The Balaban J connectivity index is 1.39. The number of rotatable bonds is 4. The Labute approximate surface area is 283 Å². The molecular formula is C39H31F3N8+2. The van der Waals surface area contributed by atoms with Crippen molar-refractivity contribution in [3.05, 3.63) is 101 Å². The van der Waals surface area contributed by atoms with Gasteiger partial charge < -0.3 is 0 Å². The molecule has 0 saturated heterocycles. The van der Waals surface area contributed by atoms with Crippen LogP contribution in [0.25, 0.3) is 60.8 Å². The lowest BCUT2D eigenvalue weighted by Gasteiger charge is -2.57. The zero-order chi connectivity index (χ0) is 33.9. The number of nitrogens with zero attached hydrogens (tertiary/aromatic N) is 8. The third-order valence-corrected chi connectivity index (χ3v) is 11.9. The second-order valence-corrected chi connectivity index (χ2v) is 14.0. The highest BCUT2D eigenvalue weighted by atomic mass is 19.4. The Morgan fingerprint density at radius 2 is 1.82 bits per heavy atom. The molecule has 0 amide bonds. The second-order valence-electron chi connectivity index (χ2n) is 14.0. The summed E-state index contributed by atoms with van der Waals surface area (Å²) in [5, 5.41) is 8.82. The molecule has 8 nitrogen and oxygen atoms in total. The molecule has 0 N–H and O–H groups in total. The molecule has 11 heteroatoms. The van der Waals surface area contributed by atoms with Crippen LogP contribution in [0.15, 0.2) is 73.2 Å². The number of hydrogen-bond donors (Lipinski definition) is 0. The van der Waals surface area contributed by atoms with Gasteiger partial charge in [-0.1, -0.05) is 33.3 Å². The third kappa shape index (κ3) is 2.92. The van der Waals surface area contributed by atoms with Crippen molar-refractivity contribution in [3.63, 3.8) is 0 Å². The van der Waals surface area contributed by atoms with Crippen LogP contribution in [0.2, 0.25) is 0 Å². The largest absolute Gasteiger partial charge is 0.453 e. The predicted octanol–water partition coefficient (Wildman–Crippen LogP) is 7.14. The molecule has 2 aromatic carbocycles. The van der Waals surface area contributed by atoms with E-state index in [1.54, 1.807) is 10.9 Å². The van der Waals surface area contributed by atoms with E-state index in [0.29, 0.717) is 18.5 Å². The van der Waals surface area contributed by atoms with E-state index in [0.717, 1.165) is 63.5 Å². The Bertz CT molecular complexity index is 2850. The molecule has 1 aliphatic carbocycles. The molecule has 0 fully saturated rings. The van der Waals surface area contributed by atoms with Crippen LogP contribution in [-0.4, -0.2) is 29.1 Å². The maximum atomic E-state index is 14.5. The van der Waals surface area contributed by atoms with Crippen LogP contribution in [0.3, 0.4) is 0 Å². The molecule has 0 spiro atoms. The van der Waals surface area contributed by atoms with Crippen LogP contribution >= 0.6 is 0 Å². The molecule has 0 radical (unpaired) electrons. The average molecular weight is 669 g/mol. The summed E-state index contributed by atoms with van der Waals surface area (Å²) in [5.41, 5.74) is 8.15. The van der Waals surface area contributed by atoms with Gasteiger partial charge >= 0.3 is 6.18 Å². The topological polar surface area (TPSA) is 68.7 Å². The Morgan fingerprint density at radius 3 is 2.62 bits per heavy atom. The molecule has 3 aliphatic rings. The zero-order valence-electron chi connectivity index (χ0n) is 27.7. The van der Waals surface area contributed by atoms with Gasteiger partial charge in [0.1, 0.15) is 11.2 Å². The summed E-state index contributed by atoms with van der Waals surface area (Å²) in [7, 11) is 0. The fourth-order valence-corrected chi connectivity index (χ4v) is 10.1. The number of pyridine rings is 3. The summed E-state index contributed by atoms with van der Waals surface area (Å²) in [5.74, 6) is -0.904. The molecule has 2 aliphatic heterocycles. The summed E-state index contributed by atoms with van der Waals surface area (Å²) in [6.45, 7) is 7.12. The first-order valence-electron chi connectivity index (χ1n) is 17.4. The highest BCUT2D eigenvalue weighted by Crippen LogP contribution is 2.64. The Hall–Kier alpha value is -5.45. The maximum absolute atomic E-state index is 14.5. The SMILES string of the molecule is CCCc1ccc2c3cc4c5c(n6c(cnc7cccnc76)c4c4c3[n+](c2c1)C4)C1(CC)[n+]2ccccc2-c2nc(C(F)(F)F)nn2C51CC. The highest BCUT2D eigenvalue weighted by Gasteiger charge is 2.76. The minimum absolute atomic E-state index is 0.221. The smallest absolute Gasteiger partial charge is 0.288 e. The lowest BCUT2D eigenvalue weighted by atomic mass is 9.53. The van der Waals surface area contributed by atoms with E-state index in [-0.39, 0.29) is 5.82 Å². The first-order chi connectivity index (χ1) is 24.3. The van der Waals surface area contributed by atoms with E-state index in [9.17, 15) is 13.2 Å². The summed E-state index contributed by atoms with van der Waals surface area (Å²) in [4.78, 5) is 14.0. The van der Waals surface area contributed by atoms with Gasteiger partial charge in [0.2, 0.25) is 22.4 Å². The fraction of sp³-hybridized carbons (Fsp3) is 0.282. The lowest BCUT2D eigenvalue weighted by Crippen LogP contribution is -2.79. The van der Waals surface area contributed by atoms with Crippen LogP contribution in [0.5, 0.6) is 0 Å². The van der Waals surface area contributed by atoms with Crippen LogP contribution in [-0.2, 0) is 30.2 Å². The molecule has 0 bridgehead atoms. The van der Waals surface area contributed by atoms with Gasteiger partial charge in [-0.25, -0.2) is 9.67 Å². The molecule has 246 valence electrons. The van der Waals surface area contributed by atoms with E-state index in [4.69, 9.17) is 9.97 Å². The van der Waals surface area contributed by atoms with Crippen LogP contribution in [0.4, 0.5) is 13.2 Å². The van der Waals surface area contributed by atoms with E-state index in [1.807, 2.05) is 42.7 Å².